The lowest BCUT2D eigenvalue weighted by atomic mass is 10.4. The normalized spacial score (nSPS) is 12.3. The Labute approximate surface area is 124 Å². The fourth-order valence-electron chi connectivity index (χ4n) is 1.06. The molecule has 0 bridgehead atoms. The van der Waals surface area contributed by atoms with Gasteiger partial charge < -0.3 is 9.64 Å². The third kappa shape index (κ3) is 10.3. The predicted octanol–water partition coefficient (Wildman–Crippen LogP) is 1.98. The lowest BCUT2D eigenvalue weighted by Crippen LogP contribution is -2.24. The summed E-state index contributed by atoms with van der Waals surface area (Å²) in [6, 6.07) is 0. The molecule has 0 saturated carbocycles. The van der Waals surface area contributed by atoms with Crippen LogP contribution < -0.4 is 0 Å². The number of nitrogens with zero attached hydrogens (tertiary/aromatic N) is 1. The Morgan fingerprint density at radius 3 is 1.90 bits per heavy atom. The first-order valence-electron chi connectivity index (χ1n) is 6.39. The Hall–Kier alpha value is -1.06. The SMILES string of the molecule is C=C(C)C(=O)OCC(F)S(=O)(=O)OF.CCN(CC)CC. The van der Waals surface area contributed by atoms with Crippen molar-refractivity contribution >= 4 is 16.1 Å². The summed E-state index contributed by atoms with van der Waals surface area (Å²) in [6.07, 6.45) is 0. The fraction of sp³-hybridized carbons (Fsp3) is 0.750. The van der Waals surface area contributed by atoms with Crippen molar-refractivity contribution in [2.45, 2.75) is 33.2 Å². The van der Waals surface area contributed by atoms with Crippen LogP contribution in [0.1, 0.15) is 27.7 Å². The van der Waals surface area contributed by atoms with E-state index in [0.717, 1.165) is 0 Å². The maximum absolute atomic E-state index is 12.5. The molecule has 0 amide bonds. The maximum atomic E-state index is 12.5. The van der Waals surface area contributed by atoms with Crippen LogP contribution in [0.2, 0.25) is 0 Å². The number of hydrogen-bond acceptors (Lipinski definition) is 6. The molecule has 0 aliphatic carbocycles. The predicted molar refractivity (Wildman–Crippen MR) is 75.2 cm³/mol. The summed E-state index contributed by atoms with van der Waals surface area (Å²) in [4.78, 5) is 13.0. The molecule has 21 heavy (non-hydrogen) atoms. The lowest BCUT2D eigenvalue weighted by molar-refractivity contribution is -0.139. The Morgan fingerprint density at radius 1 is 1.24 bits per heavy atom. The van der Waals surface area contributed by atoms with Crippen molar-refractivity contribution in [2.24, 2.45) is 0 Å². The highest BCUT2D eigenvalue weighted by atomic mass is 32.2. The van der Waals surface area contributed by atoms with Crippen molar-refractivity contribution in [1.82, 2.24) is 4.90 Å². The van der Waals surface area contributed by atoms with Gasteiger partial charge in [0.15, 0.2) is 0 Å². The summed E-state index contributed by atoms with van der Waals surface area (Å²) < 4.78 is 50.8. The Bertz CT molecular complexity index is 404. The van der Waals surface area contributed by atoms with E-state index in [0.29, 0.717) is 0 Å². The third-order valence-electron chi connectivity index (χ3n) is 2.44. The summed E-state index contributed by atoms with van der Waals surface area (Å²) in [5, 5.41) is 0. The number of carbonyl (C=O) groups excluding carboxylic acids is 1. The van der Waals surface area contributed by atoms with Crippen LogP contribution >= 0.6 is 0 Å². The van der Waals surface area contributed by atoms with Gasteiger partial charge in [-0.1, -0.05) is 31.7 Å². The van der Waals surface area contributed by atoms with Gasteiger partial charge in [-0.15, -0.1) is 0 Å². The van der Waals surface area contributed by atoms with Gasteiger partial charge in [0.1, 0.15) is 6.61 Å². The number of alkyl halides is 1. The first-order chi connectivity index (χ1) is 9.65. The number of hydrogen-bond donors (Lipinski definition) is 0. The van der Waals surface area contributed by atoms with Gasteiger partial charge in [0.2, 0.25) is 0 Å². The van der Waals surface area contributed by atoms with E-state index < -0.39 is 28.2 Å². The molecule has 0 rings (SSSR count). The van der Waals surface area contributed by atoms with Crippen molar-refractivity contribution in [3.05, 3.63) is 12.2 Å². The van der Waals surface area contributed by atoms with E-state index in [9.17, 15) is 22.1 Å². The van der Waals surface area contributed by atoms with Crippen LogP contribution in [0.15, 0.2) is 12.2 Å². The average Bonchev–Trinajstić information content (AvgIpc) is 2.46. The highest BCUT2D eigenvalue weighted by Gasteiger charge is 2.28. The number of esters is 1. The summed E-state index contributed by atoms with van der Waals surface area (Å²) in [6.45, 7) is 13.4. The van der Waals surface area contributed by atoms with Gasteiger partial charge >= 0.3 is 16.1 Å². The van der Waals surface area contributed by atoms with Crippen LogP contribution in [0, 0.1) is 0 Å². The van der Waals surface area contributed by atoms with E-state index in [4.69, 9.17) is 0 Å². The molecule has 6 nitrogen and oxygen atoms in total. The first-order valence-corrected chi connectivity index (χ1v) is 7.86. The standard InChI is InChI=1S/C6H8F2O5S.C6H15N/c1-4(2)6(9)12-3-5(7)14(10,11)13-8;1-4-7(5-2)6-3/h5H,1,3H2,2H3;4-6H2,1-3H3. The molecule has 0 aromatic rings. The van der Waals surface area contributed by atoms with E-state index >= 15 is 0 Å². The maximum Gasteiger partial charge on any atom is 0.333 e. The molecule has 0 radical (unpaired) electrons. The van der Waals surface area contributed by atoms with Crippen LogP contribution in [-0.2, 0) is 24.0 Å². The Morgan fingerprint density at radius 2 is 1.67 bits per heavy atom. The molecule has 0 spiro atoms. The second-order valence-corrected chi connectivity index (χ2v) is 5.59. The van der Waals surface area contributed by atoms with Crippen molar-refractivity contribution in [1.29, 1.82) is 0 Å². The molecule has 1 atom stereocenters. The molecule has 0 aromatic heterocycles. The second-order valence-electron chi connectivity index (χ2n) is 3.96. The molecule has 9 heteroatoms. The van der Waals surface area contributed by atoms with Crippen LogP contribution in [0.25, 0.3) is 0 Å². The smallest absolute Gasteiger partial charge is 0.333 e. The van der Waals surface area contributed by atoms with E-state index in [1.807, 2.05) is 0 Å². The Kier molecular flexibility index (Phi) is 12.3. The molecular formula is C12H23F2NO5S. The van der Waals surface area contributed by atoms with Crippen LogP contribution in [-0.4, -0.2) is 51.0 Å². The topological polar surface area (TPSA) is 72.9 Å². The summed E-state index contributed by atoms with van der Waals surface area (Å²) in [5.74, 6) is -0.971. The van der Waals surface area contributed by atoms with Gasteiger partial charge in [0.05, 0.1) is 0 Å². The molecule has 0 aliphatic heterocycles. The van der Waals surface area contributed by atoms with Crippen LogP contribution in [0.4, 0.5) is 8.92 Å². The largest absolute Gasteiger partial charge is 0.458 e. The lowest BCUT2D eigenvalue weighted by Gasteiger charge is -2.13. The molecule has 0 aliphatic rings. The van der Waals surface area contributed by atoms with Crippen LogP contribution in [0.5, 0.6) is 0 Å². The minimum absolute atomic E-state index is 0.0317. The van der Waals surface area contributed by atoms with E-state index in [1.165, 1.54) is 26.6 Å². The average molecular weight is 331 g/mol. The van der Waals surface area contributed by atoms with E-state index in [-0.39, 0.29) is 5.57 Å². The number of ether oxygens (including phenoxy) is 1. The van der Waals surface area contributed by atoms with E-state index in [1.54, 1.807) is 0 Å². The van der Waals surface area contributed by atoms with Gasteiger partial charge in [-0.3, -0.25) is 0 Å². The summed E-state index contributed by atoms with van der Waals surface area (Å²) in [7, 11) is -4.96. The zero-order valence-corrected chi connectivity index (χ0v) is 13.6. The van der Waals surface area contributed by atoms with Crippen molar-refractivity contribution in [2.75, 3.05) is 26.2 Å². The fourth-order valence-corrected chi connectivity index (χ4v) is 1.37. The number of halogens is 2. The molecule has 126 valence electrons. The molecule has 0 aromatic carbocycles. The molecule has 0 fully saturated rings. The van der Waals surface area contributed by atoms with Gasteiger partial charge in [-0.05, 0) is 31.1 Å². The summed E-state index contributed by atoms with van der Waals surface area (Å²) in [5.41, 5.74) is -2.79. The second kappa shape index (κ2) is 11.6. The zero-order chi connectivity index (χ0) is 17.1. The molecule has 1 unspecified atom stereocenters. The van der Waals surface area contributed by atoms with Crippen molar-refractivity contribution < 1.29 is 31.3 Å². The third-order valence-corrected chi connectivity index (χ3v) is 3.37. The molecular weight excluding hydrogens is 308 g/mol. The highest BCUT2D eigenvalue weighted by molar-refractivity contribution is 7.87. The molecule has 0 heterocycles. The quantitative estimate of drug-likeness (QED) is 0.500. The minimum Gasteiger partial charge on any atom is -0.458 e. The Balaban J connectivity index is 0. The monoisotopic (exact) mass is 331 g/mol. The zero-order valence-electron chi connectivity index (χ0n) is 12.8. The van der Waals surface area contributed by atoms with Gasteiger partial charge in [0.25, 0.3) is 5.50 Å². The van der Waals surface area contributed by atoms with Gasteiger partial charge in [-0.2, -0.15) is 8.42 Å². The molecule has 0 saturated heterocycles. The highest BCUT2D eigenvalue weighted by Crippen LogP contribution is 2.07. The number of carbonyl (C=O) groups is 1. The van der Waals surface area contributed by atoms with Crippen molar-refractivity contribution in [3.63, 3.8) is 0 Å². The first kappa shape index (κ1) is 22.2. The minimum atomic E-state index is -4.96. The van der Waals surface area contributed by atoms with Gasteiger partial charge in [0, 0.05) is 5.57 Å². The van der Waals surface area contributed by atoms with Gasteiger partial charge in [-0.25, -0.2) is 9.18 Å². The van der Waals surface area contributed by atoms with Crippen LogP contribution in [0.3, 0.4) is 0 Å². The molecule has 0 N–H and O–H groups in total. The van der Waals surface area contributed by atoms with Crippen molar-refractivity contribution in [3.8, 4) is 0 Å². The van der Waals surface area contributed by atoms with E-state index in [2.05, 4.69) is 41.4 Å². The summed E-state index contributed by atoms with van der Waals surface area (Å²) >= 11 is 0. The number of rotatable bonds is 8.